The molecular weight excluding hydrogens is 346 g/mol. The second kappa shape index (κ2) is 7.22. The highest BCUT2D eigenvalue weighted by Gasteiger charge is 2.13. The summed E-state index contributed by atoms with van der Waals surface area (Å²) in [6.07, 6.45) is 0. The fourth-order valence-electron chi connectivity index (χ4n) is 2.44. The highest BCUT2D eigenvalue weighted by atomic mass is 32.2. The van der Waals surface area contributed by atoms with Gasteiger partial charge in [0.15, 0.2) is 0 Å². The molecule has 0 aliphatic heterocycles. The lowest BCUT2D eigenvalue weighted by molar-refractivity contribution is 0.482. The Balaban J connectivity index is 1.73. The maximum absolute atomic E-state index is 12.4. The smallest absolute Gasteiger partial charge is 0.261 e. The van der Waals surface area contributed by atoms with Gasteiger partial charge >= 0.3 is 0 Å². The Morgan fingerprint density at radius 3 is 1.96 bits per heavy atom. The van der Waals surface area contributed by atoms with E-state index in [4.69, 9.17) is 4.74 Å². The molecule has 0 aliphatic carbocycles. The lowest BCUT2D eigenvalue weighted by Crippen LogP contribution is -2.12. The Morgan fingerprint density at radius 1 is 0.731 bits per heavy atom. The Hall–Kier alpha value is -2.79. The summed E-state index contributed by atoms with van der Waals surface area (Å²) < 4.78 is 33.2. The van der Waals surface area contributed by atoms with Gasteiger partial charge < -0.3 is 4.74 Å². The summed E-state index contributed by atoms with van der Waals surface area (Å²) in [5.74, 6) is 1.40. The lowest BCUT2D eigenvalue weighted by Gasteiger charge is -2.10. The van der Waals surface area contributed by atoms with Gasteiger partial charge in [0.1, 0.15) is 11.5 Å². The molecule has 1 N–H and O–H groups in total. The van der Waals surface area contributed by atoms with E-state index in [1.165, 1.54) is 5.56 Å². The molecule has 0 atom stereocenters. The van der Waals surface area contributed by atoms with E-state index in [2.05, 4.69) is 4.72 Å². The van der Waals surface area contributed by atoms with Crippen LogP contribution in [-0.2, 0) is 10.0 Å². The molecule has 0 aliphatic rings. The molecule has 0 fully saturated rings. The molecule has 0 heterocycles. The molecule has 3 rings (SSSR count). The quantitative estimate of drug-likeness (QED) is 0.674. The SMILES string of the molecule is Cc1ccc(S(=O)(=O)Nc2ccc(Oc3ccc(C)c(C)c3)cc2)cc1. The van der Waals surface area contributed by atoms with Crippen LogP contribution in [0.4, 0.5) is 5.69 Å². The Morgan fingerprint density at radius 2 is 1.35 bits per heavy atom. The van der Waals surface area contributed by atoms with Crippen LogP contribution in [0, 0.1) is 20.8 Å². The van der Waals surface area contributed by atoms with E-state index in [9.17, 15) is 8.42 Å². The highest BCUT2D eigenvalue weighted by molar-refractivity contribution is 7.92. The van der Waals surface area contributed by atoms with Crippen LogP contribution >= 0.6 is 0 Å². The molecule has 0 saturated heterocycles. The van der Waals surface area contributed by atoms with Crippen molar-refractivity contribution in [2.24, 2.45) is 0 Å². The summed E-state index contributed by atoms with van der Waals surface area (Å²) in [7, 11) is -3.60. The molecule has 5 heteroatoms. The first kappa shape index (κ1) is 18.0. The average Bonchev–Trinajstić information content (AvgIpc) is 2.60. The second-order valence-corrected chi connectivity index (χ2v) is 7.97. The van der Waals surface area contributed by atoms with E-state index >= 15 is 0 Å². The zero-order chi connectivity index (χ0) is 18.7. The number of ether oxygens (including phenoxy) is 1. The van der Waals surface area contributed by atoms with Crippen molar-refractivity contribution in [2.45, 2.75) is 25.7 Å². The monoisotopic (exact) mass is 367 g/mol. The minimum Gasteiger partial charge on any atom is -0.457 e. The van der Waals surface area contributed by atoms with Gasteiger partial charge in [0.05, 0.1) is 4.90 Å². The van der Waals surface area contributed by atoms with Gasteiger partial charge in [-0.1, -0.05) is 23.8 Å². The molecule has 3 aromatic rings. The summed E-state index contributed by atoms with van der Waals surface area (Å²) in [5.41, 5.74) is 3.86. The number of aryl methyl sites for hydroxylation is 3. The van der Waals surface area contributed by atoms with Crippen molar-refractivity contribution in [1.29, 1.82) is 0 Å². The molecule has 26 heavy (non-hydrogen) atoms. The van der Waals surface area contributed by atoms with Crippen LogP contribution in [0.5, 0.6) is 11.5 Å². The largest absolute Gasteiger partial charge is 0.457 e. The van der Waals surface area contributed by atoms with Crippen molar-refractivity contribution < 1.29 is 13.2 Å². The summed E-state index contributed by atoms with van der Waals surface area (Å²) in [6, 6.07) is 19.5. The second-order valence-electron chi connectivity index (χ2n) is 6.29. The first-order chi connectivity index (χ1) is 12.3. The van der Waals surface area contributed by atoms with Gasteiger partial charge in [0, 0.05) is 5.69 Å². The first-order valence-electron chi connectivity index (χ1n) is 8.28. The number of nitrogens with one attached hydrogen (secondary N) is 1. The molecule has 134 valence electrons. The van der Waals surface area contributed by atoms with Crippen molar-refractivity contribution >= 4 is 15.7 Å². The third-order valence-electron chi connectivity index (χ3n) is 4.15. The van der Waals surface area contributed by atoms with Crippen LogP contribution in [0.15, 0.2) is 71.6 Å². The van der Waals surface area contributed by atoms with Crippen LogP contribution < -0.4 is 9.46 Å². The van der Waals surface area contributed by atoms with E-state index in [0.29, 0.717) is 11.4 Å². The number of anilines is 1. The van der Waals surface area contributed by atoms with E-state index in [0.717, 1.165) is 16.9 Å². The van der Waals surface area contributed by atoms with E-state index < -0.39 is 10.0 Å². The van der Waals surface area contributed by atoms with Gasteiger partial charge in [-0.25, -0.2) is 8.42 Å². The lowest BCUT2D eigenvalue weighted by atomic mass is 10.1. The molecule has 0 radical (unpaired) electrons. The zero-order valence-electron chi connectivity index (χ0n) is 15.0. The predicted molar refractivity (Wildman–Crippen MR) is 104 cm³/mol. The number of sulfonamides is 1. The van der Waals surface area contributed by atoms with Crippen LogP contribution in [0.1, 0.15) is 16.7 Å². The Bertz CT molecular complexity index is 1010. The van der Waals surface area contributed by atoms with Gasteiger partial charge in [-0.3, -0.25) is 4.72 Å². The summed E-state index contributed by atoms with van der Waals surface area (Å²) in [5, 5.41) is 0. The molecule has 4 nitrogen and oxygen atoms in total. The standard InChI is InChI=1S/C21H21NO3S/c1-15-4-12-21(13-5-15)26(23,24)22-18-7-10-19(11-8-18)25-20-9-6-16(2)17(3)14-20/h4-14,22H,1-3H3. The predicted octanol–water partition coefficient (Wildman–Crippen LogP) is 5.20. The molecule has 0 bridgehead atoms. The van der Waals surface area contributed by atoms with Crippen LogP contribution in [0.2, 0.25) is 0 Å². The van der Waals surface area contributed by atoms with Crippen molar-refractivity contribution in [1.82, 2.24) is 0 Å². The summed E-state index contributed by atoms with van der Waals surface area (Å²) in [6.45, 7) is 6.00. The van der Waals surface area contributed by atoms with Crippen molar-refractivity contribution in [2.75, 3.05) is 4.72 Å². The number of hydrogen-bond acceptors (Lipinski definition) is 3. The van der Waals surface area contributed by atoms with Gasteiger partial charge in [-0.15, -0.1) is 0 Å². The van der Waals surface area contributed by atoms with Crippen molar-refractivity contribution in [3.05, 3.63) is 83.4 Å². The minimum atomic E-state index is -3.60. The van der Waals surface area contributed by atoms with E-state index in [-0.39, 0.29) is 4.90 Å². The molecule has 0 amide bonds. The number of hydrogen-bond donors (Lipinski definition) is 1. The third-order valence-corrected chi connectivity index (χ3v) is 5.55. The normalized spacial score (nSPS) is 11.2. The van der Waals surface area contributed by atoms with Gasteiger partial charge in [0.25, 0.3) is 10.0 Å². The zero-order valence-corrected chi connectivity index (χ0v) is 15.8. The third kappa shape index (κ3) is 4.24. The molecule has 0 aromatic heterocycles. The molecule has 3 aromatic carbocycles. The molecule has 0 unspecified atom stereocenters. The summed E-state index contributed by atoms with van der Waals surface area (Å²) in [4.78, 5) is 0.235. The van der Waals surface area contributed by atoms with Crippen LogP contribution in [0.25, 0.3) is 0 Å². The van der Waals surface area contributed by atoms with Gasteiger partial charge in [0.2, 0.25) is 0 Å². The maximum atomic E-state index is 12.4. The number of rotatable bonds is 5. The maximum Gasteiger partial charge on any atom is 0.261 e. The van der Waals surface area contributed by atoms with Crippen LogP contribution in [-0.4, -0.2) is 8.42 Å². The Labute approximate surface area is 154 Å². The molecular formula is C21H21NO3S. The fraction of sp³-hybridized carbons (Fsp3) is 0.143. The van der Waals surface area contributed by atoms with Gasteiger partial charge in [-0.2, -0.15) is 0 Å². The minimum absolute atomic E-state index is 0.235. The van der Waals surface area contributed by atoms with E-state index in [1.54, 1.807) is 48.5 Å². The van der Waals surface area contributed by atoms with Crippen molar-refractivity contribution in [3.8, 4) is 11.5 Å². The fourth-order valence-corrected chi connectivity index (χ4v) is 3.49. The Kier molecular flexibility index (Phi) is 5.00. The van der Waals surface area contributed by atoms with E-state index in [1.807, 2.05) is 39.0 Å². The molecule has 0 spiro atoms. The van der Waals surface area contributed by atoms with Crippen molar-refractivity contribution in [3.63, 3.8) is 0 Å². The highest BCUT2D eigenvalue weighted by Crippen LogP contribution is 2.25. The van der Waals surface area contributed by atoms with Gasteiger partial charge in [-0.05, 0) is 80.4 Å². The topological polar surface area (TPSA) is 55.4 Å². The van der Waals surface area contributed by atoms with Crippen LogP contribution in [0.3, 0.4) is 0 Å². The summed E-state index contributed by atoms with van der Waals surface area (Å²) >= 11 is 0. The molecule has 0 saturated carbocycles. The number of benzene rings is 3. The first-order valence-corrected chi connectivity index (χ1v) is 9.76. The average molecular weight is 367 g/mol.